The zero-order valence-corrected chi connectivity index (χ0v) is 14.4. The van der Waals surface area contributed by atoms with Gasteiger partial charge in [-0.05, 0) is 42.7 Å². The van der Waals surface area contributed by atoms with Crippen LogP contribution in [0.25, 0.3) is 0 Å². The fourth-order valence-electron chi connectivity index (χ4n) is 3.42. The van der Waals surface area contributed by atoms with Gasteiger partial charge in [0.1, 0.15) is 5.82 Å². The molecule has 0 spiro atoms. The highest BCUT2D eigenvalue weighted by Gasteiger charge is 2.27. The summed E-state index contributed by atoms with van der Waals surface area (Å²) >= 11 is 0. The number of pyridine rings is 1. The highest BCUT2D eigenvalue weighted by Crippen LogP contribution is 2.27. The van der Waals surface area contributed by atoms with Gasteiger partial charge in [0.05, 0.1) is 0 Å². The van der Waals surface area contributed by atoms with Crippen molar-refractivity contribution in [2.45, 2.75) is 25.3 Å². The average molecular weight is 348 g/mol. The third-order valence-corrected chi connectivity index (χ3v) is 4.79. The zero-order chi connectivity index (χ0) is 17.8. The summed E-state index contributed by atoms with van der Waals surface area (Å²) in [6.07, 6.45) is 10.9. The SMILES string of the molecule is O=C(c1cccnn1)N1CCC(c2nccn2Cc2ccncc2)CC1. The van der Waals surface area contributed by atoms with Crippen molar-refractivity contribution in [1.29, 1.82) is 0 Å². The number of hydrogen-bond acceptors (Lipinski definition) is 5. The van der Waals surface area contributed by atoms with E-state index in [1.54, 1.807) is 18.3 Å². The second-order valence-corrected chi connectivity index (χ2v) is 6.44. The summed E-state index contributed by atoms with van der Waals surface area (Å²) < 4.78 is 2.19. The number of aromatic nitrogens is 5. The van der Waals surface area contributed by atoms with E-state index < -0.39 is 0 Å². The lowest BCUT2D eigenvalue weighted by molar-refractivity contribution is 0.0703. The summed E-state index contributed by atoms with van der Waals surface area (Å²) in [6, 6.07) is 7.49. The smallest absolute Gasteiger partial charge is 0.274 e. The molecule has 7 heteroatoms. The van der Waals surface area contributed by atoms with Crippen LogP contribution in [-0.2, 0) is 6.54 Å². The number of imidazole rings is 1. The van der Waals surface area contributed by atoms with Gasteiger partial charge in [0.25, 0.3) is 5.91 Å². The molecule has 1 fully saturated rings. The molecule has 0 aromatic carbocycles. The Hall–Kier alpha value is -3.09. The fraction of sp³-hybridized carbons (Fsp3) is 0.316. The first-order valence-electron chi connectivity index (χ1n) is 8.78. The number of carbonyl (C=O) groups is 1. The van der Waals surface area contributed by atoms with Crippen LogP contribution in [0.5, 0.6) is 0 Å². The van der Waals surface area contributed by atoms with E-state index in [-0.39, 0.29) is 5.91 Å². The van der Waals surface area contributed by atoms with E-state index >= 15 is 0 Å². The van der Waals surface area contributed by atoms with E-state index in [1.807, 2.05) is 41.8 Å². The van der Waals surface area contributed by atoms with Crippen LogP contribution in [0.15, 0.2) is 55.2 Å². The molecule has 0 aliphatic carbocycles. The summed E-state index contributed by atoms with van der Waals surface area (Å²) in [5.74, 6) is 1.41. The van der Waals surface area contributed by atoms with Crippen molar-refractivity contribution in [3.8, 4) is 0 Å². The topological polar surface area (TPSA) is 76.8 Å². The molecular weight excluding hydrogens is 328 g/mol. The van der Waals surface area contributed by atoms with Gasteiger partial charge in [-0.2, -0.15) is 5.10 Å². The van der Waals surface area contributed by atoms with Crippen molar-refractivity contribution < 1.29 is 4.79 Å². The van der Waals surface area contributed by atoms with E-state index in [9.17, 15) is 4.79 Å². The van der Waals surface area contributed by atoms with E-state index in [4.69, 9.17) is 0 Å². The Labute approximate surface area is 151 Å². The van der Waals surface area contributed by atoms with Gasteiger partial charge in [-0.25, -0.2) is 4.98 Å². The van der Waals surface area contributed by atoms with Crippen molar-refractivity contribution in [1.82, 2.24) is 29.6 Å². The van der Waals surface area contributed by atoms with Crippen LogP contribution in [-0.4, -0.2) is 48.6 Å². The molecule has 1 aliphatic rings. The third kappa shape index (κ3) is 3.46. The van der Waals surface area contributed by atoms with Crippen molar-refractivity contribution in [3.05, 3.63) is 72.3 Å². The lowest BCUT2D eigenvalue weighted by Crippen LogP contribution is -2.38. The Morgan fingerprint density at radius 3 is 2.62 bits per heavy atom. The molecule has 1 amide bonds. The Morgan fingerprint density at radius 2 is 1.88 bits per heavy atom. The first-order valence-corrected chi connectivity index (χ1v) is 8.78. The van der Waals surface area contributed by atoms with Gasteiger partial charge in [-0.3, -0.25) is 9.78 Å². The summed E-state index contributed by atoms with van der Waals surface area (Å²) in [7, 11) is 0. The molecule has 0 saturated carbocycles. The van der Waals surface area contributed by atoms with E-state index in [0.29, 0.717) is 24.7 Å². The minimum absolute atomic E-state index is 0.0447. The van der Waals surface area contributed by atoms with Crippen LogP contribution < -0.4 is 0 Å². The van der Waals surface area contributed by atoms with E-state index in [2.05, 4.69) is 24.7 Å². The van der Waals surface area contributed by atoms with Gasteiger partial charge in [-0.1, -0.05) is 0 Å². The van der Waals surface area contributed by atoms with Crippen LogP contribution in [0.3, 0.4) is 0 Å². The quantitative estimate of drug-likeness (QED) is 0.722. The predicted octanol–water partition coefficient (Wildman–Crippen LogP) is 2.14. The minimum atomic E-state index is -0.0447. The first-order chi connectivity index (χ1) is 12.8. The number of hydrogen-bond donors (Lipinski definition) is 0. The summed E-state index contributed by atoms with van der Waals surface area (Å²) in [5.41, 5.74) is 1.61. The molecule has 1 aliphatic heterocycles. The maximum absolute atomic E-state index is 12.5. The molecule has 0 unspecified atom stereocenters. The average Bonchev–Trinajstić information content (AvgIpc) is 3.17. The normalized spacial score (nSPS) is 15.2. The summed E-state index contributed by atoms with van der Waals surface area (Å²) in [4.78, 5) is 23.0. The lowest BCUT2D eigenvalue weighted by atomic mass is 9.95. The number of piperidine rings is 1. The lowest BCUT2D eigenvalue weighted by Gasteiger charge is -2.31. The standard InChI is InChI=1S/C19H20N6O/c26-19(17-2-1-7-22-23-17)24-11-5-16(6-12-24)18-21-10-13-25(18)14-15-3-8-20-9-4-15/h1-4,7-10,13,16H,5-6,11-12,14H2. The van der Waals surface area contributed by atoms with Crippen molar-refractivity contribution in [3.63, 3.8) is 0 Å². The molecule has 0 atom stereocenters. The van der Waals surface area contributed by atoms with Crippen LogP contribution in [0.4, 0.5) is 0 Å². The fourth-order valence-corrected chi connectivity index (χ4v) is 3.42. The zero-order valence-electron chi connectivity index (χ0n) is 14.4. The maximum atomic E-state index is 12.5. The van der Waals surface area contributed by atoms with Gasteiger partial charge < -0.3 is 9.47 Å². The van der Waals surface area contributed by atoms with Crippen molar-refractivity contribution in [2.75, 3.05) is 13.1 Å². The van der Waals surface area contributed by atoms with Gasteiger partial charge in [0.15, 0.2) is 5.69 Å². The molecule has 1 saturated heterocycles. The maximum Gasteiger partial charge on any atom is 0.274 e. The summed E-state index contributed by atoms with van der Waals surface area (Å²) in [6.45, 7) is 2.21. The number of amides is 1. The van der Waals surface area contributed by atoms with E-state index in [1.165, 1.54) is 5.56 Å². The first kappa shape index (κ1) is 16.4. The molecule has 4 heterocycles. The predicted molar refractivity (Wildman–Crippen MR) is 95.5 cm³/mol. The number of rotatable bonds is 4. The summed E-state index contributed by atoms with van der Waals surface area (Å²) in [5, 5.41) is 7.71. The molecule has 3 aromatic heterocycles. The van der Waals surface area contributed by atoms with E-state index in [0.717, 1.165) is 25.2 Å². The van der Waals surface area contributed by atoms with Gasteiger partial charge in [-0.15, -0.1) is 5.10 Å². The molecule has 0 radical (unpaired) electrons. The minimum Gasteiger partial charge on any atom is -0.337 e. The van der Waals surface area contributed by atoms with Crippen LogP contribution in [0, 0.1) is 0 Å². The number of likely N-dealkylation sites (tertiary alicyclic amines) is 1. The van der Waals surface area contributed by atoms with Crippen LogP contribution in [0.2, 0.25) is 0 Å². The number of carbonyl (C=O) groups excluding carboxylic acids is 1. The Bertz CT molecular complexity index is 856. The molecular formula is C19H20N6O. The van der Waals surface area contributed by atoms with Crippen LogP contribution >= 0.6 is 0 Å². The highest BCUT2D eigenvalue weighted by molar-refractivity contribution is 5.92. The Kier molecular flexibility index (Phi) is 4.68. The molecule has 3 aromatic rings. The molecule has 0 bridgehead atoms. The second kappa shape index (κ2) is 7.43. The Morgan fingerprint density at radius 1 is 1.08 bits per heavy atom. The van der Waals surface area contributed by atoms with Gasteiger partial charge in [0, 0.05) is 56.5 Å². The largest absolute Gasteiger partial charge is 0.337 e. The molecule has 4 rings (SSSR count). The van der Waals surface area contributed by atoms with Gasteiger partial charge >= 0.3 is 0 Å². The highest BCUT2D eigenvalue weighted by atomic mass is 16.2. The Balaban J connectivity index is 1.41. The van der Waals surface area contributed by atoms with Crippen LogP contribution in [0.1, 0.15) is 40.6 Å². The molecule has 0 N–H and O–H groups in total. The second-order valence-electron chi connectivity index (χ2n) is 6.44. The molecule has 26 heavy (non-hydrogen) atoms. The third-order valence-electron chi connectivity index (χ3n) is 4.79. The molecule has 132 valence electrons. The monoisotopic (exact) mass is 348 g/mol. The van der Waals surface area contributed by atoms with Gasteiger partial charge in [0.2, 0.25) is 0 Å². The van der Waals surface area contributed by atoms with Crippen molar-refractivity contribution in [2.24, 2.45) is 0 Å². The van der Waals surface area contributed by atoms with Crippen molar-refractivity contribution >= 4 is 5.91 Å². The number of nitrogens with zero attached hydrogens (tertiary/aromatic N) is 6. The molecule has 7 nitrogen and oxygen atoms in total.